The van der Waals surface area contributed by atoms with Gasteiger partial charge >= 0.3 is 0 Å². The van der Waals surface area contributed by atoms with Gasteiger partial charge in [0.2, 0.25) is 15.9 Å². The van der Waals surface area contributed by atoms with Gasteiger partial charge in [-0.3, -0.25) is 9.10 Å². The number of thioether (sulfide) groups is 1. The predicted octanol–water partition coefficient (Wildman–Crippen LogP) is 4.46. The highest BCUT2D eigenvalue weighted by Gasteiger charge is 2.20. The summed E-state index contributed by atoms with van der Waals surface area (Å²) >= 11 is 1.63. The quantitative estimate of drug-likeness (QED) is 0.350. The largest absolute Gasteiger partial charge is 0.457 e. The number of para-hydroxylation sites is 1. The third-order valence-electron chi connectivity index (χ3n) is 4.51. The zero-order chi connectivity index (χ0) is 23.0. The second kappa shape index (κ2) is 11.1. The maximum absolute atomic E-state index is 12.4. The average molecular weight is 471 g/mol. The van der Waals surface area contributed by atoms with Gasteiger partial charge < -0.3 is 10.1 Å². The number of nitrogens with one attached hydrogen (secondary N) is 1. The average Bonchev–Trinajstić information content (AvgIpc) is 2.77. The number of amides is 1. The van der Waals surface area contributed by atoms with Gasteiger partial charge in [-0.05, 0) is 55.5 Å². The lowest BCUT2D eigenvalue weighted by molar-refractivity contribution is -0.119. The number of aryl methyl sites for hydroxylation is 1. The van der Waals surface area contributed by atoms with Crippen LogP contribution in [0.2, 0.25) is 0 Å². The summed E-state index contributed by atoms with van der Waals surface area (Å²) in [6, 6.07) is 24.1. The molecule has 0 aromatic heterocycles. The number of carbonyl (C=O) groups excluding carboxylic acids is 1. The van der Waals surface area contributed by atoms with E-state index in [1.807, 2.05) is 61.5 Å². The van der Waals surface area contributed by atoms with Crippen LogP contribution in [-0.4, -0.2) is 39.4 Å². The van der Waals surface area contributed by atoms with Gasteiger partial charge in [0.1, 0.15) is 18.0 Å². The second-order valence-electron chi connectivity index (χ2n) is 7.19. The maximum Gasteiger partial charge on any atom is 0.240 e. The number of benzene rings is 3. The molecule has 0 aliphatic carbocycles. The van der Waals surface area contributed by atoms with E-state index < -0.39 is 10.0 Å². The van der Waals surface area contributed by atoms with Gasteiger partial charge in [0, 0.05) is 17.2 Å². The van der Waals surface area contributed by atoms with E-state index in [1.54, 1.807) is 36.0 Å². The SMILES string of the molecule is Cc1ccc(SCCNC(=O)CN(c2ccc(Oc3ccccc3)cc2)S(C)(=O)=O)cc1. The molecule has 0 spiro atoms. The molecule has 0 heterocycles. The van der Waals surface area contributed by atoms with Crippen molar-refractivity contribution >= 4 is 33.4 Å². The number of nitrogens with zero attached hydrogens (tertiary/aromatic N) is 1. The van der Waals surface area contributed by atoms with Crippen LogP contribution in [0.5, 0.6) is 11.5 Å². The Hall–Kier alpha value is -2.97. The monoisotopic (exact) mass is 470 g/mol. The molecular formula is C24H26N2O4S2. The van der Waals surface area contributed by atoms with Gasteiger partial charge in [-0.15, -0.1) is 11.8 Å². The molecule has 6 nitrogen and oxygen atoms in total. The molecule has 3 rings (SSSR count). The lowest BCUT2D eigenvalue weighted by atomic mass is 10.2. The van der Waals surface area contributed by atoms with Crippen LogP contribution in [0.25, 0.3) is 0 Å². The molecule has 8 heteroatoms. The van der Waals surface area contributed by atoms with Crippen molar-refractivity contribution < 1.29 is 17.9 Å². The number of hydrogen-bond acceptors (Lipinski definition) is 5. The van der Waals surface area contributed by atoms with Gasteiger partial charge in [0.05, 0.1) is 11.9 Å². The Morgan fingerprint density at radius 3 is 2.19 bits per heavy atom. The third kappa shape index (κ3) is 7.32. The minimum Gasteiger partial charge on any atom is -0.457 e. The molecule has 3 aromatic carbocycles. The number of hydrogen-bond donors (Lipinski definition) is 1. The van der Waals surface area contributed by atoms with Gasteiger partial charge in [0.15, 0.2) is 0 Å². The summed E-state index contributed by atoms with van der Waals surface area (Å²) in [5, 5.41) is 2.79. The Morgan fingerprint density at radius 2 is 1.56 bits per heavy atom. The molecule has 0 radical (unpaired) electrons. The molecule has 0 saturated carbocycles. The summed E-state index contributed by atoms with van der Waals surface area (Å²) < 4.78 is 31.4. The lowest BCUT2D eigenvalue weighted by Gasteiger charge is -2.22. The first-order chi connectivity index (χ1) is 15.3. The van der Waals surface area contributed by atoms with Crippen molar-refractivity contribution in [1.29, 1.82) is 0 Å². The van der Waals surface area contributed by atoms with E-state index in [9.17, 15) is 13.2 Å². The van der Waals surface area contributed by atoms with Crippen LogP contribution in [0.1, 0.15) is 5.56 Å². The Balaban J connectivity index is 1.55. The van der Waals surface area contributed by atoms with Crippen molar-refractivity contribution in [3.05, 3.63) is 84.4 Å². The van der Waals surface area contributed by atoms with Crippen LogP contribution in [0.4, 0.5) is 5.69 Å². The van der Waals surface area contributed by atoms with E-state index in [0.29, 0.717) is 29.5 Å². The van der Waals surface area contributed by atoms with Gasteiger partial charge in [-0.1, -0.05) is 35.9 Å². The fraction of sp³-hybridized carbons (Fsp3) is 0.208. The molecule has 32 heavy (non-hydrogen) atoms. The first-order valence-electron chi connectivity index (χ1n) is 10.1. The molecule has 1 N–H and O–H groups in total. The molecule has 0 fully saturated rings. The zero-order valence-corrected chi connectivity index (χ0v) is 19.7. The molecule has 0 bridgehead atoms. The fourth-order valence-corrected chi connectivity index (χ4v) is 4.51. The molecule has 0 saturated heterocycles. The highest BCUT2D eigenvalue weighted by atomic mass is 32.2. The Kier molecular flexibility index (Phi) is 8.19. The van der Waals surface area contributed by atoms with Crippen molar-refractivity contribution in [2.24, 2.45) is 0 Å². The van der Waals surface area contributed by atoms with Gasteiger partial charge in [-0.25, -0.2) is 8.42 Å². The summed E-state index contributed by atoms with van der Waals surface area (Å²) in [4.78, 5) is 13.5. The maximum atomic E-state index is 12.4. The van der Waals surface area contributed by atoms with Crippen LogP contribution in [-0.2, 0) is 14.8 Å². The van der Waals surface area contributed by atoms with E-state index in [1.165, 1.54) is 5.56 Å². The molecule has 3 aromatic rings. The summed E-state index contributed by atoms with van der Waals surface area (Å²) in [6.45, 7) is 2.19. The second-order valence-corrected chi connectivity index (χ2v) is 10.3. The molecular weight excluding hydrogens is 444 g/mol. The minimum atomic E-state index is -3.64. The normalized spacial score (nSPS) is 11.1. The van der Waals surface area contributed by atoms with Crippen molar-refractivity contribution in [1.82, 2.24) is 5.32 Å². The molecule has 0 aliphatic rings. The Morgan fingerprint density at radius 1 is 0.938 bits per heavy atom. The van der Waals surface area contributed by atoms with E-state index in [0.717, 1.165) is 15.5 Å². The molecule has 0 atom stereocenters. The molecule has 168 valence electrons. The summed E-state index contributed by atoms with van der Waals surface area (Å²) in [5.74, 6) is 1.60. The number of rotatable bonds is 10. The van der Waals surface area contributed by atoms with E-state index in [4.69, 9.17) is 4.74 Å². The van der Waals surface area contributed by atoms with Crippen LogP contribution < -0.4 is 14.4 Å². The minimum absolute atomic E-state index is 0.285. The Bertz CT molecular complexity index is 1120. The highest BCUT2D eigenvalue weighted by molar-refractivity contribution is 7.99. The van der Waals surface area contributed by atoms with Crippen LogP contribution in [0, 0.1) is 6.92 Å². The molecule has 0 aliphatic heterocycles. The van der Waals surface area contributed by atoms with Crippen LogP contribution in [0.15, 0.2) is 83.8 Å². The molecule has 1 amide bonds. The number of sulfonamides is 1. The molecule has 0 unspecified atom stereocenters. The van der Waals surface area contributed by atoms with Gasteiger partial charge in [0.25, 0.3) is 0 Å². The third-order valence-corrected chi connectivity index (χ3v) is 6.66. The van der Waals surface area contributed by atoms with E-state index in [-0.39, 0.29) is 12.5 Å². The van der Waals surface area contributed by atoms with Crippen molar-refractivity contribution in [3.8, 4) is 11.5 Å². The summed E-state index contributed by atoms with van der Waals surface area (Å²) in [6.07, 6.45) is 1.09. The smallest absolute Gasteiger partial charge is 0.240 e. The standard InChI is InChI=1S/C24H26N2O4S2/c1-19-8-14-23(15-9-19)31-17-16-25-24(27)18-26(32(2,28)29)20-10-12-22(13-11-20)30-21-6-4-3-5-7-21/h3-15H,16-18H2,1-2H3,(H,25,27). The topological polar surface area (TPSA) is 75.7 Å². The van der Waals surface area contributed by atoms with Crippen molar-refractivity contribution in [2.45, 2.75) is 11.8 Å². The zero-order valence-electron chi connectivity index (χ0n) is 18.0. The fourth-order valence-electron chi connectivity index (χ4n) is 2.89. The van der Waals surface area contributed by atoms with E-state index in [2.05, 4.69) is 5.32 Å². The van der Waals surface area contributed by atoms with Crippen LogP contribution in [0.3, 0.4) is 0 Å². The number of carbonyl (C=O) groups is 1. The Labute approximate surface area is 193 Å². The first-order valence-corrected chi connectivity index (χ1v) is 12.9. The number of ether oxygens (including phenoxy) is 1. The highest BCUT2D eigenvalue weighted by Crippen LogP contribution is 2.25. The van der Waals surface area contributed by atoms with Crippen molar-refractivity contribution in [2.75, 3.05) is 29.4 Å². The first kappa shape index (κ1) is 23.7. The van der Waals surface area contributed by atoms with E-state index >= 15 is 0 Å². The van der Waals surface area contributed by atoms with Gasteiger partial charge in [-0.2, -0.15) is 0 Å². The van der Waals surface area contributed by atoms with Crippen LogP contribution >= 0.6 is 11.8 Å². The predicted molar refractivity (Wildman–Crippen MR) is 130 cm³/mol. The van der Waals surface area contributed by atoms with Crippen molar-refractivity contribution in [3.63, 3.8) is 0 Å². The summed E-state index contributed by atoms with van der Waals surface area (Å²) in [7, 11) is -3.64. The number of anilines is 1. The summed E-state index contributed by atoms with van der Waals surface area (Å²) in [5.41, 5.74) is 1.60. The lowest BCUT2D eigenvalue weighted by Crippen LogP contribution is -2.41.